The van der Waals surface area contributed by atoms with Gasteiger partial charge in [-0.15, -0.1) is 0 Å². The van der Waals surface area contributed by atoms with Crippen LogP contribution in [0, 0.1) is 0 Å². The second-order valence-corrected chi connectivity index (χ2v) is 7.01. The molecular formula is C24H27N3O3. The van der Waals surface area contributed by atoms with Crippen LogP contribution < -0.4 is 15.6 Å². The quantitative estimate of drug-likeness (QED) is 0.552. The maximum atomic E-state index is 12.5. The van der Waals surface area contributed by atoms with Gasteiger partial charge >= 0.3 is 0 Å². The van der Waals surface area contributed by atoms with Gasteiger partial charge in [-0.2, -0.15) is 5.10 Å². The van der Waals surface area contributed by atoms with Gasteiger partial charge in [0.2, 0.25) is 5.91 Å². The molecule has 0 spiro atoms. The SMILES string of the molecule is CCOc1ccc(-c2ccc(=O)n(C(C)C(=O)NCCCc3ccccc3)n2)cc1. The van der Waals surface area contributed by atoms with Crippen molar-refractivity contribution in [2.45, 2.75) is 32.7 Å². The fraction of sp³-hybridized carbons (Fsp3) is 0.292. The van der Waals surface area contributed by atoms with Crippen molar-refractivity contribution in [3.63, 3.8) is 0 Å². The average molecular weight is 405 g/mol. The van der Waals surface area contributed by atoms with Crippen molar-refractivity contribution < 1.29 is 9.53 Å². The number of hydrogen-bond donors (Lipinski definition) is 1. The maximum Gasteiger partial charge on any atom is 0.267 e. The van der Waals surface area contributed by atoms with E-state index in [1.807, 2.05) is 49.4 Å². The molecule has 0 saturated carbocycles. The Morgan fingerprint density at radius 1 is 1.07 bits per heavy atom. The second-order valence-electron chi connectivity index (χ2n) is 7.01. The molecule has 0 fully saturated rings. The Morgan fingerprint density at radius 2 is 1.80 bits per heavy atom. The molecular weight excluding hydrogens is 378 g/mol. The van der Waals surface area contributed by atoms with Gasteiger partial charge in [-0.1, -0.05) is 30.3 Å². The van der Waals surface area contributed by atoms with E-state index < -0.39 is 6.04 Å². The first-order valence-electron chi connectivity index (χ1n) is 10.2. The molecule has 0 radical (unpaired) electrons. The minimum Gasteiger partial charge on any atom is -0.494 e. The molecule has 1 heterocycles. The third-order valence-electron chi connectivity index (χ3n) is 4.82. The van der Waals surface area contributed by atoms with Gasteiger partial charge in [-0.05, 0) is 62.6 Å². The Bertz CT molecular complexity index is 1010. The molecule has 156 valence electrons. The molecule has 1 atom stereocenters. The van der Waals surface area contributed by atoms with Crippen LogP contribution in [0.1, 0.15) is 31.9 Å². The Balaban J connectivity index is 1.63. The van der Waals surface area contributed by atoms with Crippen molar-refractivity contribution in [1.29, 1.82) is 0 Å². The molecule has 1 N–H and O–H groups in total. The highest BCUT2D eigenvalue weighted by molar-refractivity contribution is 5.79. The minimum atomic E-state index is -0.697. The van der Waals surface area contributed by atoms with E-state index in [-0.39, 0.29) is 11.5 Å². The molecule has 3 rings (SSSR count). The predicted molar refractivity (Wildman–Crippen MR) is 118 cm³/mol. The summed E-state index contributed by atoms with van der Waals surface area (Å²) in [6.07, 6.45) is 1.72. The molecule has 0 aliphatic heterocycles. The van der Waals surface area contributed by atoms with Crippen molar-refractivity contribution in [1.82, 2.24) is 15.1 Å². The number of nitrogens with zero attached hydrogens (tertiary/aromatic N) is 2. The molecule has 30 heavy (non-hydrogen) atoms. The Kier molecular flexibility index (Phi) is 7.38. The number of carbonyl (C=O) groups is 1. The van der Waals surface area contributed by atoms with Crippen molar-refractivity contribution in [2.24, 2.45) is 0 Å². The van der Waals surface area contributed by atoms with Crippen LogP contribution >= 0.6 is 0 Å². The van der Waals surface area contributed by atoms with Gasteiger partial charge in [0.25, 0.3) is 5.56 Å². The van der Waals surface area contributed by atoms with E-state index in [4.69, 9.17) is 4.74 Å². The van der Waals surface area contributed by atoms with Crippen LogP contribution in [-0.2, 0) is 11.2 Å². The van der Waals surface area contributed by atoms with Gasteiger partial charge in [-0.25, -0.2) is 4.68 Å². The van der Waals surface area contributed by atoms with E-state index >= 15 is 0 Å². The van der Waals surface area contributed by atoms with Crippen LogP contribution in [0.25, 0.3) is 11.3 Å². The van der Waals surface area contributed by atoms with Crippen LogP contribution in [0.3, 0.4) is 0 Å². The molecule has 1 unspecified atom stereocenters. The summed E-state index contributed by atoms with van der Waals surface area (Å²) in [5, 5.41) is 7.32. The zero-order valence-corrected chi connectivity index (χ0v) is 17.4. The number of rotatable bonds is 9. The Labute approximate surface area is 176 Å². The smallest absolute Gasteiger partial charge is 0.267 e. The molecule has 6 nitrogen and oxygen atoms in total. The van der Waals surface area contributed by atoms with Gasteiger partial charge in [0.15, 0.2) is 0 Å². The average Bonchev–Trinajstić information content (AvgIpc) is 2.78. The van der Waals surface area contributed by atoms with E-state index in [2.05, 4.69) is 22.5 Å². The van der Waals surface area contributed by atoms with Crippen molar-refractivity contribution in [2.75, 3.05) is 13.2 Å². The maximum absolute atomic E-state index is 12.5. The lowest BCUT2D eigenvalue weighted by Gasteiger charge is -2.15. The van der Waals surface area contributed by atoms with Crippen molar-refractivity contribution in [3.8, 4) is 17.0 Å². The van der Waals surface area contributed by atoms with E-state index in [9.17, 15) is 9.59 Å². The third-order valence-corrected chi connectivity index (χ3v) is 4.82. The van der Waals surface area contributed by atoms with Crippen molar-refractivity contribution >= 4 is 5.91 Å². The van der Waals surface area contributed by atoms with E-state index in [1.165, 1.54) is 16.3 Å². The lowest BCUT2D eigenvalue weighted by Crippen LogP contribution is -2.37. The first-order chi connectivity index (χ1) is 14.6. The highest BCUT2D eigenvalue weighted by Crippen LogP contribution is 2.20. The molecule has 0 aliphatic carbocycles. The van der Waals surface area contributed by atoms with E-state index in [0.29, 0.717) is 18.8 Å². The summed E-state index contributed by atoms with van der Waals surface area (Å²) in [4.78, 5) is 24.8. The second kappa shape index (κ2) is 10.4. The molecule has 3 aromatic rings. The van der Waals surface area contributed by atoms with E-state index in [1.54, 1.807) is 13.0 Å². The topological polar surface area (TPSA) is 73.2 Å². The fourth-order valence-electron chi connectivity index (χ4n) is 3.15. The molecule has 1 amide bonds. The zero-order chi connectivity index (χ0) is 21.3. The lowest BCUT2D eigenvalue weighted by atomic mass is 10.1. The standard InChI is InChI=1S/C24H27N3O3/c1-3-30-21-13-11-20(12-14-21)22-15-16-23(28)27(26-22)18(2)24(29)25-17-7-10-19-8-5-4-6-9-19/h4-6,8-9,11-16,18H,3,7,10,17H2,1-2H3,(H,25,29). The minimum absolute atomic E-state index is 0.221. The highest BCUT2D eigenvalue weighted by Gasteiger charge is 2.17. The highest BCUT2D eigenvalue weighted by atomic mass is 16.5. The summed E-state index contributed by atoms with van der Waals surface area (Å²) in [5.74, 6) is 0.555. The van der Waals surface area contributed by atoms with Gasteiger partial charge in [0.05, 0.1) is 12.3 Å². The number of aryl methyl sites for hydroxylation is 1. The molecule has 0 aliphatic rings. The van der Waals surface area contributed by atoms with Crippen molar-refractivity contribution in [3.05, 3.63) is 82.6 Å². The molecule has 0 saturated heterocycles. The van der Waals surface area contributed by atoms with Crippen LogP contribution in [0.5, 0.6) is 5.75 Å². The third kappa shape index (κ3) is 5.56. The molecule has 2 aromatic carbocycles. The largest absolute Gasteiger partial charge is 0.494 e. The lowest BCUT2D eigenvalue weighted by molar-refractivity contribution is -0.124. The number of carbonyl (C=O) groups excluding carboxylic acids is 1. The summed E-state index contributed by atoms with van der Waals surface area (Å²) in [6, 6.07) is 20.0. The normalized spacial score (nSPS) is 11.7. The van der Waals surface area contributed by atoms with Gasteiger partial charge < -0.3 is 10.1 Å². The van der Waals surface area contributed by atoms with Crippen LogP contribution in [0.2, 0.25) is 0 Å². The number of nitrogens with one attached hydrogen (secondary N) is 1. The summed E-state index contributed by atoms with van der Waals surface area (Å²) >= 11 is 0. The first kappa shape index (κ1) is 21.3. The van der Waals surface area contributed by atoms with Crippen LogP contribution in [0.15, 0.2) is 71.5 Å². The van der Waals surface area contributed by atoms with Gasteiger partial charge in [0.1, 0.15) is 11.8 Å². The van der Waals surface area contributed by atoms with Gasteiger partial charge in [0, 0.05) is 18.2 Å². The Morgan fingerprint density at radius 3 is 2.50 bits per heavy atom. The fourth-order valence-corrected chi connectivity index (χ4v) is 3.15. The monoisotopic (exact) mass is 405 g/mol. The molecule has 0 bridgehead atoms. The summed E-state index contributed by atoms with van der Waals surface area (Å²) in [6.45, 7) is 4.76. The molecule has 1 aromatic heterocycles. The number of ether oxygens (including phenoxy) is 1. The number of aromatic nitrogens is 2. The first-order valence-corrected chi connectivity index (χ1v) is 10.2. The zero-order valence-electron chi connectivity index (χ0n) is 17.4. The van der Waals surface area contributed by atoms with Crippen LogP contribution in [0.4, 0.5) is 0 Å². The molecule has 6 heteroatoms. The number of amides is 1. The van der Waals surface area contributed by atoms with Gasteiger partial charge in [-0.3, -0.25) is 9.59 Å². The van der Waals surface area contributed by atoms with E-state index in [0.717, 1.165) is 24.2 Å². The Hall–Kier alpha value is -3.41. The number of benzene rings is 2. The number of hydrogen-bond acceptors (Lipinski definition) is 4. The summed E-state index contributed by atoms with van der Waals surface area (Å²) in [5.41, 5.74) is 2.40. The van der Waals surface area contributed by atoms with Crippen LogP contribution in [-0.4, -0.2) is 28.8 Å². The summed E-state index contributed by atoms with van der Waals surface area (Å²) in [7, 11) is 0. The summed E-state index contributed by atoms with van der Waals surface area (Å²) < 4.78 is 6.69. The predicted octanol–water partition coefficient (Wildman–Crippen LogP) is 3.62.